The van der Waals surface area contributed by atoms with Gasteiger partial charge in [-0.15, -0.1) is 0 Å². The molecule has 0 saturated carbocycles. The van der Waals surface area contributed by atoms with E-state index in [1.54, 1.807) is 0 Å². The molecule has 0 bridgehead atoms. The third-order valence-corrected chi connectivity index (χ3v) is 3.23. The molecule has 1 aromatic carbocycles. The van der Waals surface area contributed by atoms with Crippen LogP contribution >= 0.6 is 0 Å². The predicted molar refractivity (Wildman–Crippen MR) is 79.5 cm³/mol. The van der Waals surface area contributed by atoms with Crippen LogP contribution in [0.15, 0.2) is 22.6 Å². The quantitative estimate of drug-likeness (QED) is 0.898. The fourth-order valence-corrected chi connectivity index (χ4v) is 2.17. The van der Waals surface area contributed by atoms with Crippen LogP contribution in [0.1, 0.15) is 32.6 Å². The van der Waals surface area contributed by atoms with Crippen molar-refractivity contribution in [3.63, 3.8) is 0 Å². The summed E-state index contributed by atoms with van der Waals surface area (Å²) in [5, 5.41) is 0. The van der Waals surface area contributed by atoms with E-state index in [-0.39, 0.29) is 5.54 Å². The predicted octanol–water partition coefficient (Wildman–Crippen LogP) is 3.09. The Balaban J connectivity index is 2.02. The third-order valence-electron chi connectivity index (χ3n) is 3.23. The number of fused-ring (bicyclic) bond motifs is 1. The Kier molecular flexibility index (Phi) is 3.80. The molecule has 2 aromatic rings. The molecule has 0 aliphatic heterocycles. The van der Waals surface area contributed by atoms with Crippen molar-refractivity contribution in [1.29, 1.82) is 0 Å². The maximum absolute atomic E-state index is 6.00. The van der Waals surface area contributed by atoms with Crippen LogP contribution in [-0.4, -0.2) is 24.1 Å². The van der Waals surface area contributed by atoms with Gasteiger partial charge in [0.05, 0.1) is 0 Å². The lowest BCUT2D eigenvalue weighted by molar-refractivity contribution is 0.460. The first-order valence-corrected chi connectivity index (χ1v) is 6.72. The zero-order valence-corrected chi connectivity index (χ0v) is 12.2. The molecule has 19 heavy (non-hydrogen) atoms. The van der Waals surface area contributed by atoms with E-state index in [1.807, 2.05) is 13.0 Å². The Morgan fingerprint density at radius 2 is 2.11 bits per heavy atom. The summed E-state index contributed by atoms with van der Waals surface area (Å²) in [6, 6.07) is 6.12. The Hall–Kier alpha value is -1.55. The summed E-state index contributed by atoms with van der Waals surface area (Å²) in [6.07, 6.45) is 2.10. The smallest absolute Gasteiger partial charge is 0.192 e. The van der Waals surface area contributed by atoms with Crippen molar-refractivity contribution in [2.75, 3.05) is 18.5 Å². The van der Waals surface area contributed by atoms with Crippen molar-refractivity contribution in [2.45, 2.75) is 39.2 Å². The molecule has 1 heterocycles. The number of rotatable bonds is 5. The molecule has 0 spiro atoms. The molecule has 2 N–H and O–H groups in total. The number of benzene rings is 1. The SMILES string of the molecule is Cc1nc2cc(N(C)CCCC(C)(C)N)ccc2o1. The first kappa shape index (κ1) is 13.9. The van der Waals surface area contributed by atoms with Crippen LogP contribution in [0.2, 0.25) is 0 Å². The van der Waals surface area contributed by atoms with Gasteiger partial charge >= 0.3 is 0 Å². The second kappa shape index (κ2) is 5.21. The number of anilines is 1. The van der Waals surface area contributed by atoms with Gasteiger partial charge in [0, 0.05) is 31.7 Å². The number of aryl methyl sites for hydroxylation is 1. The van der Waals surface area contributed by atoms with Gasteiger partial charge in [-0.05, 0) is 44.9 Å². The molecule has 0 saturated heterocycles. The van der Waals surface area contributed by atoms with Gasteiger partial charge in [0.2, 0.25) is 0 Å². The van der Waals surface area contributed by atoms with E-state index in [4.69, 9.17) is 10.2 Å². The molecule has 104 valence electrons. The zero-order valence-electron chi connectivity index (χ0n) is 12.2. The number of nitrogens with zero attached hydrogens (tertiary/aromatic N) is 2. The highest BCUT2D eigenvalue weighted by Gasteiger charge is 2.11. The average Bonchev–Trinajstić information content (AvgIpc) is 2.65. The molecule has 0 unspecified atom stereocenters. The van der Waals surface area contributed by atoms with Crippen molar-refractivity contribution in [3.8, 4) is 0 Å². The van der Waals surface area contributed by atoms with E-state index in [0.29, 0.717) is 5.89 Å². The van der Waals surface area contributed by atoms with E-state index in [1.165, 1.54) is 0 Å². The average molecular weight is 261 g/mol. The van der Waals surface area contributed by atoms with Crippen molar-refractivity contribution in [1.82, 2.24) is 4.98 Å². The van der Waals surface area contributed by atoms with Gasteiger partial charge in [-0.3, -0.25) is 0 Å². The molecular formula is C15H23N3O. The van der Waals surface area contributed by atoms with Gasteiger partial charge in [0.25, 0.3) is 0 Å². The number of hydrogen-bond donors (Lipinski definition) is 1. The summed E-state index contributed by atoms with van der Waals surface area (Å²) in [5.74, 6) is 0.708. The lowest BCUT2D eigenvalue weighted by Crippen LogP contribution is -2.33. The van der Waals surface area contributed by atoms with Gasteiger partial charge in [-0.25, -0.2) is 4.98 Å². The molecule has 2 rings (SSSR count). The molecule has 1 aromatic heterocycles. The number of aromatic nitrogens is 1. The molecule has 0 aliphatic carbocycles. The topological polar surface area (TPSA) is 55.3 Å². The molecule has 4 nitrogen and oxygen atoms in total. The summed E-state index contributed by atoms with van der Waals surface area (Å²) < 4.78 is 5.48. The number of hydrogen-bond acceptors (Lipinski definition) is 4. The maximum Gasteiger partial charge on any atom is 0.192 e. The van der Waals surface area contributed by atoms with Crippen molar-refractivity contribution in [3.05, 3.63) is 24.1 Å². The van der Waals surface area contributed by atoms with E-state index < -0.39 is 0 Å². The summed E-state index contributed by atoms with van der Waals surface area (Å²) in [5.41, 5.74) is 8.83. The summed E-state index contributed by atoms with van der Waals surface area (Å²) in [7, 11) is 2.09. The molecule has 4 heteroatoms. The lowest BCUT2D eigenvalue weighted by atomic mass is 10.00. The summed E-state index contributed by atoms with van der Waals surface area (Å²) in [6.45, 7) is 6.99. The van der Waals surface area contributed by atoms with E-state index in [2.05, 4.69) is 42.9 Å². The first-order chi connectivity index (χ1) is 8.85. The number of oxazole rings is 1. The highest BCUT2D eigenvalue weighted by molar-refractivity contribution is 5.77. The minimum Gasteiger partial charge on any atom is -0.441 e. The van der Waals surface area contributed by atoms with Crippen molar-refractivity contribution < 1.29 is 4.42 Å². The Labute approximate surface area is 114 Å². The van der Waals surface area contributed by atoms with Gasteiger partial charge in [0.1, 0.15) is 5.52 Å². The standard InChI is InChI=1S/C15H23N3O/c1-11-17-13-10-12(6-7-14(13)19-11)18(4)9-5-8-15(2,3)16/h6-7,10H,5,8-9,16H2,1-4H3. The van der Waals surface area contributed by atoms with Crippen molar-refractivity contribution >= 4 is 16.8 Å². The maximum atomic E-state index is 6.00. The van der Waals surface area contributed by atoms with Crippen LogP contribution in [0.5, 0.6) is 0 Å². The van der Waals surface area contributed by atoms with Crippen molar-refractivity contribution in [2.24, 2.45) is 5.73 Å². The van der Waals surface area contributed by atoms with Crippen LogP contribution in [0.3, 0.4) is 0 Å². The lowest BCUT2D eigenvalue weighted by Gasteiger charge is -2.23. The fourth-order valence-electron chi connectivity index (χ4n) is 2.17. The normalized spacial score (nSPS) is 12.1. The largest absolute Gasteiger partial charge is 0.441 e. The highest BCUT2D eigenvalue weighted by atomic mass is 16.3. The fraction of sp³-hybridized carbons (Fsp3) is 0.533. The Morgan fingerprint density at radius 1 is 1.37 bits per heavy atom. The highest BCUT2D eigenvalue weighted by Crippen LogP contribution is 2.22. The second-order valence-electron chi connectivity index (χ2n) is 5.90. The Bertz CT molecular complexity index is 554. The molecule has 0 atom stereocenters. The number of nitrogens with two attached hydrogens (primary N) is 1. The van der Waals surface area contributed by atoms with E-state index in [0.717, 1.165) is 36.2 Å². The monoisotopic (exact) mass is 261 g/mol. The van der Waals surface area contributed by atoms with Crippen LogP contribution < -0.4 is 10.6 Å². The second-order valence-corrected chi connectivity index (χ2v) is 5.90. The summed E-state index contributed by atoms with van der Waals surface area (Å²) >= 11 is 0. The van der Waals surface area contributed by atoms with Crippen LogP contribution in [-0.2, 0) is 0 Å². The third kappa shape index (κ3) is 3.70. The van der Waals surface area contributed by atoms with E-state index >= 15 is 0 Å². The molecule has 0 aliphatic rings. The van der Waals surface area contributed by atoms with Gasteiger partial charge in [-0.1, -0.05) is 0 Å². The van der Waals surface area contributed by atoms with Gasteiger partial charge < -0.3 is 15.1 Å². The summed E-state index contributed by atoms with van der Waals surface area (Å²) in [4.78, 5) is 6.59. The van der Waals surface area contributed by atoms with E-state index in [9.17, 15) is 0 Å². The molecule has 0 fully saturated rings. The van der Waals surface area contributed by atoms with Gasteiger partial charge in [0.15, 0.2) is 11.5 Å². The Morgan fingerprint density at radius 3 is 2.79 bits per heavy atom. The first-order valence-electron chi connectivity index (χ1n) is 6.72. The van der Waals surface area contributed by atoms with Gasteiger partial charge in [-0.2, -0.15) is 0 Å². The van der Waals surface area contributed by atoms with Crippen LogP contribution in [0, 0.1) is 6.92 Å². The minimum atomic E-state index is -0.0893. The zero-order chi connectivity index (χ0) is 14.0. The molecule has 0 radical (unpaired) electrons. The van der Waals surface area contributed by atoms with Crippen LogP contribution in [0.25, 0.3) is 11.1 Å². The van der Waals surface area contributed by atoms with Crippen LogP contribution in [0.4, 0.5) is 5.69 Å². The molecular weight excluding hydrogens is 238 g/mol. The minimum absolute atomic E-state index is 0.0893. The molecule has 0 amide bonds.